The van der Waals surface area contributed by atoms with Crippen LogP contribution < -0.4 is 5.73 Å². The molecule has 1 aromatic carbocycles. The van der Waals surface area contributed by atoms with Gasteiger partial charge in [0.05, 0.1) is 5.02 Å². The predicted molar refractivity (Wildman–Crippen MR) is 54.5 cm³/mol. The van der Waals surface area contributed by atoms with Gasteiger partial charge in [0.15, 0.2) is 0 Å². The molecule has 0 saturated carbocycles. The molecule has 0 aliphatic carbocycles. The number of halogens is 2. The third kappa shape index (κ3) is 1.94. The summed E-state index contributed by atoms with van der Waals surface area (Å²) in [7, 11) is 0. The highest BCUT2D eigenvalue weighted by molar-refractivity contribution is 6.32. The Bertz CT molecular complexity index is 312. The summed E-state index contributed by atoms with van der Waals surface area (Å²) in [5.74, 6) is -0.200. The van der Waals surface area contributed by atoms with Crippen molar-refractivity contribution in [2.45, 2.75) is 26.2 Å². The first-order valence-electron chi connectivity index (χ1n) is 4.31. The topological polar surface area (TPSA) is 26.0 Å². The Balaban J connectivity index is 3.25. The molecule has 2 N–H and O–H groups in total. The highest BCUT2D eigenvalue weighted by Crippen LogP contribution is 2.33. The minimum atomic E-state index is -0.397. The zero-order valence-electron chi connectivity index (χ0n) is 7.77. The van der Waals surface area contributed by atoms with E-state index in [-0.39, 0.29) is 10.9 Å². The molecule has 0 spiro atoms. The molecule has 1 aromatic rings. The van der Waals surface area contributed by atoms with E-state index in [0.717, 1.165) is 12.0 Å². The minimum Gasteiger partial charge on any atom is -0.398 e. The molecule has 0 aliphatic rings. The van der Waals surface area contributed by atoms with Gasteiger partial charge in [-0.1, -0.05) is 25.4 Å². The number of nitrogen functional groups attached to an aromatic ring is 1. The smallest absolute Gasteiger partial charge is 0.142 e. The molecule has 0 bridgehead atoms. The van der Waals surface area contributed by atoms with Crippen molar-refractivity contribution in [2.75, 3.05) is 5.73 Å². The Morgan fingerprint density at radius 2 is 2.15 bits per heavy atom. The van der Waals surface area contributed by atoms with Crippen LogP contribution in [0.15, 0.2) is 12.1 Å². The van der Waals surface area contributed by atoms with Gasteiger partial charge in [-0.25, -0.2) is 4.39 Å². The molecule has 0 heterocycles. The lowest BCUT2D eigenvalue weighted by molar-refractivity contribution is 0.621. The highest BCUT2D eigenvalue weighted by Gasteiger charge is 2.14. The van der Waals surface area contributed by atoms with Crippen LogP contribution in [0.2, 0.25) is 5.02 Å². The molecule has 1 nitrogen and oxygen atoms in total. The van der Waals surface area contributed by atoms with Gasteiger partial charge in [-0.3, -0.25) is 0 Å². The van der Waals surface area contributed by atoms with Gasteiger partial charge in [-0.05, 0) is 30.0 Å². The molecule has 0 saturated heterocycles. The maximum Gasteiger partial charge on any atom is 0.142 e. The van der Waals surface area contributed by atoms with Crippen LogP contribution in [-0.4, -0.2) is 0 Å². The summed E-state index contributed by atoms with van der Waals surface area (Å²) in [6, 6.07) is 2.85. The number of nitrogens with two attached hydrogens (primary N) is 1. The Hall–Kier alpha value is -0.760. The van der Waals surface area contributed by atoms with Crippen molar-refractivity contribution in [3.05, 3.63) is 28.5 Å². The number of hydrogen-bond acceptors (Lipinski definition) is 1. The molecule has 0 radical (unpaired) electrons. The van der Waals surface area contributed by atoms with Crippen molar-refractivity contribution in [1.29, 1.82) is 0 Å². The first kappa shape index (κ1) is 10.3. The van der Waals surface area contributed by atoms with E-state index >= 15 is 0 Å². The third-order valence-corrected chi connectivity index (χ3v) is 2.66. The van der Waals surface area contributed by atoms with E-state index in [2.05, 4.69) is 0 Å². The SMILES string of the molecule is CCC(C)c1c(N)ccc(F)c1Cl. The second-order valence-corrected chi connectivity index (χ2v) is 3.55. The number of benzene rings is 1. The second kappa shape index (κ2) is 3.97. The number of anilines is 1. The fourth-order valence-electron chi connectivity index (χ4n) is 1.29. The highest BCUT2D eigenvalue weighted by atomic mass is 35.5. The van der Waals surface area contributed by atoms with Gasteiger partial charge in [-0.15, -0.1) is 0 Å². The summed E-state index contributed by atoms with van der Waals surface area (Å²) in [6.45, 7) is 4.00. The largest absolute Gasteiger partial charge is 0.398 e. The lowest BCUT2D eigenvalue weighted by Gasteiger charge is -2.14. The summed E-state index contributed by atoms with van der Waals surface area (Å²) in [5, 5.41) is 0.161. The van der Waals surface area contributed by atoms with E-state index in [0.29, 0.717) is 5.69 Å². The van der Waals surface area contributed by atoms with E-state index in [1.54, 1.807) is 6.07 Å². The minimum absolute atomic E-state index is 0.161. The lowest BCUT2D eigenvalue weighted by Crippen LogP contribution is -2.01. The van der Waals surface area contributed by atoms with Crippen molar-refractivity contribution in [1.82, 2.24) is 0 Å². The van der Waals surface area contributed by atoms with Crippen molar-refractivity contribution >= 4 is 17.3 Å². The Kier molecular flexibility index (Phi) is 3.15. The van der Waals surface area contributed by atoms with Crippen LogP contribution in [0.25, 0.3) is 0 Å². The van der Waals surface area contributed by atoms with Crippen LogP contribution >= 0.6 is 11.6 Å². The molecule has 0 aromatic heterocycles. The summed E-state index contributed by atoms with van der Waals surface area (Å²) in [6.07, 6.45) is 0.896. The van der Waals surface area contributed by atoms with Crippen molar-refractivity contribution in [3.8, 4) is 0 Å². The van der Waals surface area contributed by atoms with Crippen LogP contribution in [0.5, 0.6) is 0 Å². The van der Waals surface area contributed by atoms with Gasteiger partial charge in [0.25, 0.3) is 0 Å². The molecular weight excluding hydrogens is 189 g/mol. The third-order valence-electron chi connectivity index (χ3n) is 2.27. The fraction of sp³-hybridized carbons (Fsp3) is 0.400. The van der Waals surface area contributed by atoms with E-state index < -0.39 is 5.82 Å². The number of hydrogen-bond donors (Lipinski definition) is 1. The van der Waals surface area contributed by atoms with Crippen LogP contribution in [0, 0.1) is 5.82 Å². The summed E-state index contributed by atoms with van der Waals surface area (Å²) in [5.41, 5.74) is 7.01. The molecule has 1 rings (SSSR count). The average Bonchev–Trinajstić information content (AvgIpc) is 2.12. The molecule has 72 valence electrons. The van der Waals surface area contributed by atoms with Gasteiger partial charge in [-0.2, -0.15) is 0 Å². The molecule has 1 atom stereocenters. The normalized spacial score (nSPS) is 12.9. The van der Waals surface area contributed by atoms with Gasteiger partial charge in [0, 0.05) is 5.69 Å². The first-order valence-corrected chi connectivity index (χ1v) is 4.69. The first-order chi connectivity index (χ1) is 6.07. The molecule has 0 fully saturated rings. The lowest BCUT2D eigenvalue weighted by atomic mass is 9.97. The summed E-state index contributed by atoms with van der Waals surface area (Å²) in [4.78, 5) is 0. The van der Waals surface area contributed by atoms with Crippen LogP contribution in [-0.2, 0) is 0 Å². The van der Waals surface area contributed by atoms with Crippen LogP contribution in [0.1, 0.15) is 31.7 Å². The van der Waals surface area contributed by atoms with E-state index in [1.165, 1.54) is 6.07 Å². The molecular formula is C10H13ClFN. The van der Waals surface area contributed by atoms with Gasteiger partial charge < -0.3 is 5.73 Å². The van der Waals surface area contributed by atoms with Gasteiger partial charge in [0.1, 0.15) is 5.82 Å². The van der Waals surface area contributed by atoms with E-state index in [9.17, 15) is 4.39 Å². The van der Waals surface area contributed by atoms with Gasteiger partial charge >= 0.3 is 0 Å². The predicted octanol–water partition coefficient (Wildman–Crippen LogP) is 3.57. The van der Waals surface area contributed by atoms with Gasteiger partial charge in [0.2, 0.25) is 0 Å². The maximum atomic E-state index is 13.1. The molecule has 0 amide bonds. The molecule has 13 heavy (non-hydrogen) atoms. The molecule has 3 heteroatoms. The summed E-state index contributed by atoms with van der Waals surface area (Å²) < 4.78 is 13.1. The van der Waals surface area contributed by atoms with Crippen molar-refractivity contribution in [2.24, 2.45) is 0 Å². The Labute approximate surface area is 82.7 Å². The zero-order chi connectivity index (χ0) is 10.0. The van der Waals surface area contributed by atoms with Crippen LogP contribution in [0.4, 0.5) is 10.1 Å². The maximum absolute atomic E-state index is 13.1. The van der Waals surface area contributed by atoms with E-state index in [1.807, 2.05) is 13.8 Å². The van der Waals surface area contributed by atoms with Crippen molar-refractivity contribution < 1.29 is 4.39 Å². The Morgan fingerprint density at radius 3 is 2.69 bits per heavy atom. The Morgan fingerprint density at radius 1 is 1.54 bits per heavy atom. The van der Waals surface area contributed by atoms with Crippen molar-refractivity contribution in [3.63, 3.8) is 0 Å². The molecule has 1 unspecified atom stereocenters. The van der Waals surface area contributed by atoms with E-state index in [4.69, 9.17) is 17.3 Å². The standard InChI is InChI=1S/C10H13ClFN/c1-3-6(2)9-8(13)5-4-7(12)10(9)11/h4-6H,3,13H2,1-2H3. The average molecular weight is 202 g/mol. The van der Waals surface area contributed by atoms with Crippen LogP contribution in [0.3, 0.4) is 0 Å². The summed E-state index contributed by atoms with van der Waals surface area (Å²) >= 11 is 5.82. The fourth-order valence-corrected chi connectivity index (χ4v) is 1.64. The zero-order valence-corrected chi connectivity index (χ0v) is 8.53. The number of rotatable bonds is 2. The monoisotopic (exact) mass is 201 g/mol. The second-order valence-electron chi connectivity index (χ2n) is 3.17. The quantitative estimate of drug-likeness (QED) is 0.728. The molecule has 0 aliphatic heterocycles.